The minimum atomic E-state index is -0.0392. The van der Waals surface area contributed by atoms with Gasteiger partial charge in [0, 0.05) is 5.38 Å². The van der Waals surface area contributed by atoms with Gasteiger partial charge in [-0.3, -0.25) is 9.59 Å². The first-order chi connectivity index (χ1) is 6.81. The molecular formula is C7H6N3O3S. The van der Waals surface area contributed by atoms with E-state index in [1.807, 2.05) is 0 Å². The van der Waals surface area contributed by atoms with E-state index in [1.54, 1.807) is 11.7 Å². The normalized spacial score (nSPS) is 10.8. The molecule has 0 atom stereocenters. The molecule has 1 N–H and O–H groups in total. The number of hydrogen-bond donors (Lipinski definition) is 1. The standard InChI is InChI=1S/C7H6N3O3S/c1-13-10-5(2-11)6-3-14-7(9-6)8-4-12/h3-4H,1H3,(H,8,9,12)/b10-5-. The molecule has 14 heavy (non-hydrogen) atoms. The molecular weight excluding hydrogens is 206 g/mol. The Morgan fingerprint density at radius 3 is 3.21 bits per heavy atom. The van der Waals surface area contributed by atoms with Crippen molar-refractivity contribution >= 4 is 34.9 Å². The average molecular weight is 212 g/mol. The monoisotopic (exact) mass is 212 g/mol. The van der Waals surface area contributed by atoms with Crippen molar-refractivity contribution in [1.29, 1.82) is 0 Å². The van der Waals surface area contributed by atoms with Gasteiger partial charge in [0.15, 0.2) is 10.8 Å². The topological polar surface area (TPSA) is 80.6 Å². The van der Waals surface area contributed by atoms with Crippen LogP contribution in [0.4, 0.5) is 5.13 Å². The molecule has 1 heterocycles. The number of amides is 1. The molecule has 0 aliphatic carbocycles. The summed E-state index contributed by atoms with van der Waals surface area (Å²) in [5.74, 6) is 0. The molecule has 73 valence electrons. The zero-order valence-electron chi connectivity index (χ0n) is 7.18. The number of rotatable bonds is 5. The Kier molecular flexibility index (Phi) is 3.74. The molecule has 1 aromatic rings. The Morgan fingerprint density at radius 2 is 2.64 bits per heavy atom. The van der Waals surface area contributed by atoms with E-state index in [9.17, 15) is 9.59 Å². The second kappa shape index (κ2) is 5.07. The number of carbonyl (C=O) groups is 1. The van der Waals surface area contributed by atoms with E-state index in [0.29, 0.717) is 17.2 Å². The van der Waals surface area contributed by atoms with Gasteiger partial charge in [0.1, 0.15) is 12.8 Å². The lowest BCUT2D eigenvalue weighted by molar-refractivity contribution is -0.105. The van der Waals surface area contributed by atoms with Gasteiger partial charge >= 0.3 is 0 Å². The minimum Gasteiger partial charge on any atom is -0.398 e. The fraction of sp³-hybridized carbons (Fsp3) is 0.143. The van der Waals surface area contributed by atoms with Crippen LogP contribution in [0.15, 0.2) is 10.5 Å². The first-order valence-electron chi connectivity index (χ1n) is 3.47. The second-order valence-electron chi connectivity index (χ2n) is 2.02. The summed E-state index contributed by atoms with van der Waals surface area (Å²) in [4.78, 5) is 28.8. The highest BCUT2D eigenvalue weighted by atomic mass is 32.1. The van der Waals surface area contributed by atoms with Gasteiger partial charge in [0.05, 0.1) is 0 Å². The Hall–Kier alpha value is -1.76. The van der Waals surface area contributed by atoms with E-state index in [2.05, 4.69) is 20.3 Å². The molecule has 0 aromatic carbocycles. The van der Waals surface area contributed by atoms with Crippen molar-refractivity contribution in [1.82, 2.24) is 4.98 Å². The number of nitrogens with one attached hydrogen (secondary N) is 1. The third-order valence-corrected chi connectivity index (χ3v) is 1.98. The highest BCUT2D eigenvalue weighted by Gasteiger charge is 2.09. The maximum Gasteiger partial charge on any atom is 0.259 e. The summed E-state index contributed by atoms with van der Waals surface area (Å²) in [6.07, 6.45) is 2.08. The predicted molar refractivity (Wildman–Crippen MR) is 51.0 cm³/mol. The van der Waals surface area contributed by atoms with E-state index < -0.39 is 0 Å². The second-order valence-corrected chi connectivity index (χ2v) is 2.88. The van der Waals surface area contributed by atoms with Crippen LogP contribution in [0.1, 0.15) is 5.69 Å². The number of nitrogens with zero attached hydrogens (tertiary/aromatic N) is 2. The highest BCUT2D eigenvalue weighted by molar-refractivity contribution is 7.14. The largest absolute Gasteiger partial charge is 0.398 e. The molecule has 0 bridgehead atoms. The van der Waals surface area contributed by atoms with Crippen LogP contribution in [-0.2, 0) is 14.4 Å². The number of oxime groups is 1. The molecule has 0 aliphatic rings. The Bertz CT molecular complexity index is 361. The van der Waals surface area contributed by atoms with Crippen molar-refractivity contribution < 1.29 is 14.4 Å². The van der Waals surface area contributed by atoms with Crippen LogP contribution < -0.4 is 5.32 Å². The van der Waals surface area contributed by atoms with E-state index in [1.165, 1.54) is 18.4 Å². The maximum absolute atomic E-state index is 10.4. The van der Waals surface area contributed by atoms with Crippen molar-refractivity contribution in [2.24, 2.45) is 5.16 Å². The molecule has 1 aromatic heterocycles. The van der Waals surface area contributed by atoms with Gasteiger partial charge in [-0.05, 0) is 0 Å². The van der Waals surface area contributed by atoms with Crippen LogP contribution in [0.3, 0.4) is 0 Å². The number of aromatic nitrogens is 1. The van der Waals surface area contributed by atoms with Crippen LogP contribution in [0.25, 0.3) is 0 Å². The SMILES string of the molecule is CO/N=C(/[C]=O)c1csc(NC=O)n1. The molecule has 0 saturated carbocycles. The predicted octanol–water partition coefficient (Wildman–Crippen LogP) is 0.172. The zero-order valence-corrected chi connectivity index (χ0v) is 8.00. The molecule has 1 amide bonds. The third kappa shape index (κ3) is 2.36. The van der Waals surface area contributed by atoms with Crippen LogP contribution in [0.5, 0.6) is 0 Å². The number of thiazole rings is 1. The molecule has 0 saturated heterocycles. The fourth-order valence-electron chi connectivity index (χ4n) is 0.708. The van der Waals surface area contributed by atoms with Gasteiger partial charge in [-0.25, -0.2) is 4.98 Å². The average Bonchev–Trinajstić information content (AvgIpc) is 2.63. The van der Waals surface area contributed by atoms with Crippen molar-refractivity contribution in [3.63, 3.8) is 0 Å². The first-order valence-corrected chi connectivity index (χ1v) is 4.35. The van der Waals surface area contributed by atoms with Gasteiger partial charge in [-0.2, -0.15) is 0 Å². The molecule has 1 rings (SSSR count). The lowest BCUT2D eigenvalue weighted by Crippen LogP contribution is -2.04. The van der Waals surface area contributed by atoms with E-state index in [4.69, 9.17) is 0 Å². The lowest BCUT2D eigenvalue weighted by Gasteiger charge is -1.90. The first kappa shape index (κ1) is 10.3. The van der Waals surface area contributed by atoms with E-state index in [-0.39, 0.29) is 5.71 Å². The molecule has 6 nitrogen and oxygen atoms in total. The van der Waals surface area contributed by atoms with Crippen molar-refractivity contribution in [3.05, 3.63) is 11.1 Å². The fourth-order valence-corrected chi connectivity index (χ4v) is 1.36. The van der Waals surface area contributed by atoms with Crippen LogP contribution in [-0.4, -0.2) is 30.5 Å². The van der Waals surface area contributed by atoms with Crippen molar-refractivity contribution in [2.45, 2.75) is 0 Å². The van der Waals surface area contributed by atoms with Crippen molar-refractivity contribution in [2.75, 3.05) is 12.4 Å². The smallest absolute Gasteiger partial charge is 0.259 e. The van der Waals surface area contributed by atoms with Gasteiger partial charge in [0.25, 0.3) is 6.29 Å². The van der Waals surface area contributed by atoms with Crippen LogP contribution in [0, 0.1) is 0 Å². The lowest BCUT2D eigenvalue weighted by atomic mass is 10.3. The van der Waals surface area contributed by atoms with Crippen LogP contribution in [0.2, 0.25) is 0 Å². The quantitative estimate of drug-likeness (QED) is 0.428. The summed E-state index contributed by atoms with van der Waals surface area (Å²) in [5, 5.41) is 7.71. The maximum atomic E-state index is 10.4. The number of hydrogen-bond acceptors (Lipinski definition) is 6. The molecule has 0 unspecified atom stereocenters. The van der Waals surface area contributed by atoms with E-state index >= 15 is 0 Å². The van der Waals surface area contributed by atoms with Gasteiger partial charge in [-0.15, -0.1) is 11.3 Å². The Labute approximate surface area is 83.6 Å². The molecule has 7 heteroatoms. The van der Waals surface area contributed by atoms with Gasteiger partial charge < -0.3 is 10.2 Å². The highest BCUT2D eigenvalue weighted by Crippen LogP contribution is 2.14. The number of carbonyl (C=O) groups excluding carboxylic acids is 2. The van der Waals surface area contributed by atoms with Crippen LogP contribution >= 0.6 is 11.3 Å². The summed E-state index contributed by atoms with van der Waals surface area (Å²) >= 11 is 1.17. The summed E-state index contributed by atoms with van der Waals surface area (Å²) in [5.41, 5.74) is 0.277. The Balaban J connectivity index is 2.88. The molecule has 1 radical (unpaired) electrons. The minimum absolute atomic E-state index is 0.0392. The summed E-state index contributed by atoms with van der Waals surface area (Å²) in [6, 6.07) is 0. The zero-order chi connectivity index (χ0) is 10.4. The molecule has 0 aliphatic heterocycles. The van der Waals surface area contributed by atoms with E-state index in [0.717, 1.165) is 0 Å². The summed E-state index contributed by atoms with van der Waals surface area (Å²) < 4.78 is 0. The van der Waals surface area contributed by atoms with Gasteiger partial charge in [0.2, 0.25) is 6.41 Å². The molecule has 0 fully saturated rings. The van der Waals surface area contributed by atoms with Crippen molar-refractivity contribution in [3.8, 4) is 0 Å². The molecule has 0 spiro atoms. The van der Waals surface area contributed by atoms with Gasteiger partial charge in [-0.1, -0.05) is 5.16 Å². The summed E-state index contributed by atoms with van der Waals surface area (Å²) in [7, 11) is 1.31. The summed E-state index contributed by atoms with van der Waals surface area (Å²) in [6.45, 7) is 0. The number of anilines is 1. The third-order valence-electron chi connectivity index (χ3n) is 1.21. The Morgan fingerprint density at radius 1 is 1.86 bits per heavy atom.